The molecule has 0 amide bonds. The molecular weight excluding hydrogens is 504 g/mol. The van der Waals surface area contributed by atoms with Crippen LogP contribution < -0.4 is 18.9 Å². The van der Waals surface area contributed by atoms with Crippen molar-refractivity contribution in [1.29, 1.82) is 0 Å². The van der Waals surface area contributed by atoms with E-state index >= 15 is 0 Å². The molecule has 0 radical (unpaired) electrons. The van der Waals surface area contributed by atoms with Gasteiger partial charge in [-0.1, -0.05) is 42.5 Å². The normalized spacial score (nSPS) is 13.0. The summed E-state index contributed by atoms with van der Waals surface area (Å²) in [5, 5.41) is 48.7. The molecule has 0 fully saturated rings. The first-order chi connectivity index (χ1) is 19.0. The Hall–Kier alpha value is -4.02. The summed E-state index contributed by atoms with van der Waals surface area (Å²) in [5.74, 6) is 1.27. The average Bonchev–Trinajstić information content (AvgIpc) is 2.97. The van der Waals surface area contributed by atoms with Crippen LogP contribution in [-0.4, -0.2) is 65.7 Å². The lowest BCUT2D eigenvalue weighted by atomic mass is 10.0. The Morgan fingerprint density at radius 2 is 1.33 bits per heavy atom. The van der Waals surface area contributed by atoms with Crippen molar-refractivity contribution in [3.63, 3.8) is 0 Å². The number of phenolic OH excluding ortho intramolecular Hbond substituents is 1. The zero-order valence-corrected chi connectivity index (χ0v) is 21.9. The minimum atomic E-state index is -0.956. The molecule has 39 heavy (non-hydrogen) atoms. The fourth-order valence-electron chi connectivity index (χ4n) is 3.93. The Morgan fingerprint density at radius 3 is 1.92 bits per heavy atom. The second kappa shape index (κ2) is 14.8. The van der Waals surface area contributed by atoms with Crippen molar-refractivity contribution in [2.24, 2.45) is 0 Å². The number of rotatable bonds is 14. The Labute approximate surface area is 227 Å². The minimum absolute atomic E-state index is 0.0619. The maximum Gasteiger partial charge on any atom is 0.163 e. The number of aromatic hydroxyl groups is 1. The van der Waals surface area contributed by atoms with Gasteiger partial charge in [0.05, 0.1) is 40.6 Å². The van der Waals surface area contributed by atoms with Crippen LogP contribution in [0.25, 0.3) is 12.2 Å². The molecule has 3 aromatic carbocycles. The van der Waals surface area contributed by atoms with Gasteiger partial charge in [0, 0.05) is 11.1 Å². The van der Waals surface area contributed by atoms with Crippen LogP contribution in [0.1, 0.15) is 28.4 Å². The zero-order valence-electron chi connectivity index (χ0n) is 21.9. The molecule has 0 aliphatic heterocycles. The first-order valence-electron chi connectivity index (χ1n) is 12.3. The second-order valence-electron chi connectivity index (χ2n) is 8.41. The molecule has 0 saturated heterocycles. The lowest BCUT2D eigenvalue weighted by Crippen LogP contribution is -2.33. The Kier molecular flexibility index (Phi) is 11.2. The minimum Gasteiger partial charge on any atom is -0.504 e. The lowest BCUT2D eigenvalue weighted by Gasteiger charge is -2.29. The third-order valence-corrected chi connectivity index (χ3v) is 5.86. The van der Waals surface area contributed by atoms with Gasteiger partial charge in [0.1, 0.15) is 5.75 Å². The summed E-state index contributed by atoms with van der Waals surface area (Å²) in [6.07, 6.45) is 4.77. The summed E-state index contributed by atoms with van der Waals surface area (Å²) in [5.41, 5.74) is 2.57. The van der Waals surface area contributed by atoms with Gasteiger partial charge in [0.15, 0.2) is 35.2 Å². The maximum atomic E-state index is 10.4. The van der Waals surface area contributed by atoms with Crippen molar-refractivity contribution in [2.75, 3.05) is 34.0 Å². The number of aliphatic hydroxyl groups excluding tert-OH is 4. The molecule has 0 aliphatic carbocycles. The summed E-state index contributed by atoms with van der Waals surface area (Å²) < 4.78 is 23.4. The molecular formula is C30H34O9. The molecule has 2 atom stereocenters. The smallest absolute Gasteiger partial charge is 0.163 e. The van der Waals surface area contributed by atoms with E-state index in [0.717, 1.165) is 11.1 Å². The number of methoxy groups -OCH3 is 2. The van der Waals surface area contributed by atoms with E-state index in [1.807, 2.05) is 0 Å². The van der Waals surface area contributed by atoms with Crippen molar-refractivity contribution in [3.8, 4) is 28.7 Å². The van der Waals surface area contributed by atoms with Crippen LogP contribution in [0.5, 0.6) is 28.7 Å². The molecule has 5 N–H and O–H groups in total. The van der Waals surface area contributed by atoms with Gasteiger partial charge in [-0.05, 0) is 47.5 Å². The fourth-order valence-corrected chi connectivity index (χ4v) is 3.93. The summed E-state index contributed by atoms with van der Waals surface area (Å²) in [6, 6.07) is 15.1. The molecule has 0 aliphatic rings. The lowest BCUT2D eigenvalue weighted by molar-refractivity contribution is 0.0123. The number of aliphatic hydroxyl groups is 4. The van der Waals surface area contributed by atoms with E-state index < -0.39 is 18.8 Å². The zero-order chi connectivity index (χ0) is 28.2. The molecule has 0 saturated carbocycles. The highest BCUT2D eigenvalue weighted by atomic mass is 16.6. The summed E-state index contributed by atoms with van der Waals surface area (Å²) >= 11 is 0. The van der Waals surface area contributed by atoms with Crippen LogP contribution in [0.2, 0.25) is 0 Å². The molecule has 0 bridgehead atoms. The molecule has 9 heteroatoms. The molecule has 2 unspecified atom stereocenters. The largest absolute Gasteiger partial charge is 0.504 e. The topological polar surface area (TPSA) is 138 Å². The number of phenols is 1. The van der Waals surface area contributed by atoms with Crippen LogP contribution in [0.3, 0.4) is 0 Å². The molecule has 208 valence electrons. The van der Waals surface area contributed by atoms with Gasteiger partial charge in [-0.15, -0.1) is 0 Å². The molecule has 0 spiro atoms. The predicted molar refractivity (Wildman–Crippen MR) is 147 cm³/mol. The van der Waals surface area contributed by atoms with Gasteiger partial charge in [0.25, 0.3) is 0 Å². The molecule has 3 rings (SSSR count). The number of hydrogen-bond donors (Lipinski definition) is 5. The SMILES string of the molecule is COc1cc(C(Oc2ccc(/C=C/CO)cc2OC)C(CO)Oc2ccc(/C=C/CO)cc2CO)ccc1O. The van der Waals surface area contributed by atoms with E-state index in [1.54, 1.807) is 72.8 Å². The highest BCUT2D eigenvalue weighted by Gasteiger charge is 2.29. The van der Waals surface area contributed by atoms with Gasteiger partial charge in [-0.2, -0.15) is 0 Å². The second-order valence-corrected chi connectivity index (χ2v) is 8.41. The van der Waals surface area contributed by atoms with Gasteiger partial charge in [-0.25, -0.2) is 0 Å². The third-order valence-electron chi connectivity index (χ3n) is 5.86. The molecule has 9 nitrogen and oxygen atoms in total. The quantitative estimate of drug-likeness (QED) is 0.209. The van der Waals surface area contributed by atoms with E-state index in [2.05, 4.69) is 0 Å². The van der Waals surface area contributed by atoms with E-state index in [0.29, 0.717) is 28.4 Å². The predicted octanol–water partition coefficient (Wildman–Crippen LogP) is 3.47. The molecule has 0 heterocycles. The number of ether oxygens (including phenoxy) is 4. The van der Waals surface area contributed by atoms with Crippen molar-refractivity contribution in [2.45, 2.75) is 18.8 Å². The summed E-state index contributed by atoms with van der Waals surface area (Å²) in [4.78, 5) is 0. The first-order valence-corrected chi connectivity index (χ1v) is 12.3. The molecule has 0 aromatic heterocycles. The van der Waals surface area contributed by atoms with Gasteiger partial charge in [-0.3, -0.25) is 0 Å². The summed E-state index contributed by atoms with van der Waals surface area (Å²) in [6.45, 7) is -0.986. The first kappa shape index (κ1) is 29.5. The van der Waals surface area contributed by atoms with Crippen LogP contribution in [-0.2, 0) is 6.61 Å². The van der Waals surface area contributed by atoms with Crippen molar-refractivity contribution in [3.05, 3.63) is 89.0 Å². The van der Waals surface area contributed by atoms with E-state index in [9.17, 15) is 15.3 Å². The third kappa shape index (κ3) is 7.75. The van der Waals surface area contributed by atoms with Crippen LogP contribution in [0, 0.1) is 0 Å². The van der Waals surface area contributed by atoms with E-state index in [4.69, 9.17) is 29.2 Å². The van der Waals surface area contributed by atoms with Crippen LogP contribution in [0.4, 0.5) is 0 Å². The monoisotopic (exact) mass is 538 g/mol. The fraction of sp³-hybridized carbons (Fsp3) is 0.267. The number of hydrogen-bond acceptors (Lipinski definition) is 9. The molecule has 3 aromatic rings. The van der Waals surface area contributed by atoms with Crippen LogP contribution >= 0.6 is 0 Å². The van der Waals surface area contributed by atoms with Crippen molar-refractivity contribution < 1.29 is 44.5 Å². The van der Waals surface area contributed by atoms with E-state index in [-0.39, 0.29) is 31.3 Å². The Bertz CT molecular complexity index is 1270. The van der Waals surface area contributed by atoms with Crippen molar-refractivity contribution in [1.82, 2.24) is 0 Å². The standard InChI is InChI=1S/C30H34O9/c1-36-27-17-22(9-10-24(27)35)30(39-26-12-8-21(6-4-14-32)16-28(26)37-2)29(19-34)38-25-11-7-20(5-3-13-31)15-23(25)18-33/h3-12,15-17,29-35H,13-14,18-19H2,1-2H3/b5-3+,6-4+. The van der Waals surface area contributed by atoms with Gasteiger partial charge >= 0.3 is 0 Å². The van der Waals surface area contributed by atoms with Gasteiger partial charge < -0.3 is 44.5 Å². The highest BCUT2D eigenvalue weighted by Crippen LogP contribution is 2.38. The van der Waals surface area contributed by atoms with Crippen LogP contribution in [0.15, 0.2) is 66.7 Å². The Morgan fingerprint density at radius 1 is 0.692 bits per heavy atom. The van der Waals surface area contributed by atoms with Crippen molar-refractivity contribution >= 4 is 12.2 Å². The Balaban J connectivity index is 2.03. The van der Waals surface area contributed by atoms with Gasteiger partial charge in [0.2, 0.25) is 0 Å². The van der Waals surface area contributed by atoms with E-state index in [1.165, 1.54) is 20.3 Å². The highest BCUT2D eigenvalue weighted by molar-refractivity contribution is 5.56. The summed E-state index contributed by atoms with van der Waals surface area (Å²) in [7, 11) is 2.93. The number of benzene rings is 3. The maximum absolute atomic E-state index is 10.4. The average molecular weight is 539 g/mol.